The van der Waals surface area contributed by atoms with E-state index in [0.29, 0.717) is 19.6 Å². The summed E-state index contributed by atoms with van der Waals surface area (Å²) in [6.07, 6.45) is 2.05. The molecule has 0 atom stereocenters. The fourth-order valence-corrected chi connectivity index (χ4v) is 4.07. The lowest BCUT2D eigenvalue weighted by Gasteiger charge is -2.33. The number of rotatable bonds is 7. The van der Waals surface area contributed by atoms with Gasteiger partial charge in [-0.05, 0) is 37.1 Å². The van der Waals surface area contributed by atoms with E-state index in [0.717, 1.165) is 37.5 Å². The number of aryl methyl sites for hydroxylation is 1. The minimum Gasteiger partial charge on any atom is -0.301 e. The number of benzene rings is 1. The van der Waals surface area contributed by atoms with E-state index in [1.54, 1.807) is 6.92 Å². The summed E-state index contributed by atoms with van der Waals surface area (Å²) in [5.74, 6) is 0. The van der Waals surface area contributed by atoms with Crippen LogP contribution in [-0.2, 0) is 16.6 Å². The zero-order chi connectivity index (χ0) is 16.0. The molecule has 22 heavy (non-hydrogen) atoms. The Morgan fingerprint density at radius 1 is 1.23 bits per heavy atom. The molecule has 0 unspecified atom stereocenters. The summed E-state index contributed by atoms with van der Waals surface area (Å²) in [5.41, 5.74) is 1.25. The quantitative estimate of drug-likeness (QED) is 0.819. The van der Waals surface area contributed by atoms with E-state index in [2.05, 4.69) is 15.7 Å². The van der Waals surface area contributed by atoms with Gasteiger partial charge in [0.25, 0.3) is 10.2 Å². The summed E-state index contributed by atoms with van der Waals surface area (Å²) >= 11 is 5.98. The second-order valence-electron chi connectivity index (χ2n) is 5.48. The molecule has 5 nitrogen and oxygen atoms in total. The van der Waals surface area contributed by atoms with Gasteiger partial charge in [0.2, 0.25) is 0 Å². The molecule has 1 aliphatic heterocycles. The lowest BCUT2D eigenvalue weighted by Crippen LogP contribution is -2.52. The SMILES string of the molecule is CCNS(=O)(=O)N1CCN(CCCc2cccc(Cl)c2)CC1. The first-order chi connectivity index (χ1) is 10.5. The Balaban J connectivity index is 1.72. The molecule has 0 amide bonds. The summed E-state index contributed by atoms with van der Waals surface area (Å²) in [6.45, 7) is 5.92. The number of hydrogen-bond donors (Lipinski definition) is 1. The molecule has 7 heteroatoms. The van der Waals surface area contributed by atoms with Crippen molar-refractivity contribution in [3.63, 3.8) is 0 Å². The summed E-state index contributed by atoms with van der Waals surface area (Å²) in [7, 11) is -3.28. The van der Waals surface area contributed by atoms with Crippen LogP contribution >= 0.6 is 11.6 Å². The van der Waals surface area contributed by atoms with Gasteiger partial charge in [0, 0.05) is 37.7 Å². The van der Waals surface area contributed by atoms with Gasteiger partial charge in [-0.2, -0.15) is 12.7 Å². The molecular weight excluding hydrogens is 322 g/mol. The Kier molecular flexibility index (Phi) is 6.65. The minimum absolute atomic E-state index is 0.433. The maximum Gasteiger partial charge on any atom is 0.279 e. The van der Waals surface area contributed by atoms with Crippen LogP contribution in [0.1, 0.15) is 18.9 Å². The van der Waals surface area contributed by atoms with Crippen LogP contribution in [0.15, 0.2) is 24.3 Å². The largest absolute Gasteiger partial charge is 0.301 e. The van der Waals surface area contributed by atoms with E-state index < -0.39 is 10.2 Å². The molecule has 0 radical (unpaired) electrons. The Morgan fingerprint density at radius 2 is 1.95 bits per heavy atom. The highest BCUT2D eigenvalue weighted by Crippen LogP contribution is 2.13. The van der Waals surface area contributed by atoms with Crippen molar-refractivity contribution in [2.45, 2.75) is 19.8 Å². The van der Waals surface area contributed by atoms with Gasteiger partial charge in [-0.3, -0.25) is 0 Å². The van der Waals surface area contributed by atoms with Gasteiger partial charge in [0.15, 0.2) is 0 Å². The lowest BCUT2D eigenvalue weighted by atomic mass is 10.1. The zero-order valence-corrected chi connectivity index (χ0v) is 14.5. The van der Waals surface area contributed by atoms with Crippen LogP contribution in [0.4, 0.5) is 0 Å². The molecule has 124 valence electrons. The third kappa shape index (κ3) is 5.21. The minimum atomic E-state index is -3.28. The van der Waals surface area contributed by atoms with Gasteiger partial charge < -0.3 is 4.90 Å². The average molecular weight is 346 g/mol. The number of nitrogens with zero attached hydrogens (tertiary/aromatic N) is 2. The van der Waals surface area contributed by atoms with E-state index in [4.69, 9.17) is 11.6 Å². The van der Waals surface area contributed by atoms with Crippen molar-refractivity contribution >= 4 is 21.8 Å². The van der Waals surface area contributed by atoms with E-state index in [9.17, 15) is 8.42 Å². The molecule has 1 fully saturated rings. The van der Waals surface area contributed by atoms with Crippen LogP contribution in [0, 0.1) is 0 Å². The molecule has 1 saturated heterocycles. The Labute approximate surface area is 138 Å². The molecule has 0 aliphatic carbocycles. The fourth-order valence-electron chi connectivity index (χ4n) is 2.67. The maximum atomic E-state index is 11.9. The Hall–Kier alpha value is -0.660. The highest BCUT2D eigenvalue weighted by atomic mass is 35.5. The van der Waals surface area contributed by atoms with Crippen LogP contribution in [0.3, 0.4) is 0 Å². The average Bonchev–Trinajstić information content (AvgIpc) is 2.48. The molecule has 1 aromatic carbocycles. The second-order valence-corrected chi connectivity index (χ2v) is 7.67. The normalized spacial score (nSPS) is 17.7. The van der Waals surface area contributed by atoms with Gasteiger partial charge in [-0.15, -0.1) is 0 Å². The second kappa shape index (κ2) is 8.26. The van der Waals surface area contributed by atoms with Gasteiger partial charge in [-0.1, -0.05) is 30.7 Å². The van der Waals surface area contributed by atoms with Gasteiger partial charge in [0.1, 0.15) is 0 Å². The molecule has 0 saturated carbocycles. The van der Waals surface area contributed by atoms with Crippen molar-refractivity contribution in [1.29, 1.82) is 0 Å². The standard InChI is InChI=1S/C15H24ClN3O2S/c1-2-17-22(20,21)19-11-9-18(10-12-19)8-4-6-14-5-3-7-15(16)13-14/h3,5,7,13,17H,2,4,6,8-12H2,1H3. The smallest absolute Gasteiger partial charge is 0.279 e. The predicted octanol–water partition coefficient (Wildman–Crippen LogP) is 1.74. The zero-order valence-electron chi connectivity index (χ0n) is 13.0. The molecule has 0 aromatic heterocycles. The van der Waals surface area contributed by atoms with E-state index in [-0.39, 0.29) is 0 Å². The van der Waals surface area contributed by atoms with Gasteiger partial charge >= 0.3 is 0 Å². The summed E-state index contributed by atoms with van der Waals surface area (Å²) in [5, 5.41) is 0.778. The van der Waals surface area contributed by atoms with E-state index in [1.165, 1.54) is 9.87 Å². The topological polar surface area (TPSA) is 52.7 Å². The highest BCUT2D eigenvalue weighted by molar-refractivity contribution is 7.87. The summed E-state index contributed by atoms with van der Waals surface area (Å²) in [4.78, 5) is 2.32. The van der Waals surface area contributed by atoms with Crippen LogP contribution in [-0.4, -0.2) is 56.9 Å². The Morgan fingerprint density at radius 3 is 2.59 bits per heavy atom. The first-order valence-corrected chi connectivity index (χ1v) is 9.54. The van der Waals surface area contributed by atoms with E-state index in [1.807, 2.05) is 18.2 Å². The summed E-state index contributed by atoms with van der Waals surface area (Å²) in [6, 6.07) is 7.95. The third-order valence-corrected chi connectivity index (χ3v) is 5.76. The maximum absolute atomic E-state index is 11.9. The van der Waals surface area contributed by atoms with Crippen LogP contribution < -0.4 is 4.72 Å². The van der Waals surface area contributed by atoms with Crippen molar-refractivity contribution in [3.8, 4) is 0 Å². The molecular formula is C15H24ClN3O2S. The fraction of sp³-hybridized carbons (Fsp3) is 0.600. The van der Waals surface area contributed by atoms with E-state index >= 15 is 0 Å². The number of nitrogens with one attached hydrogen (secondary N) is 1. The van der Waals surface area contributed by atoms with Crippen LogP contribution in [0.5, 0.6) is 0 Å². The summed E-state index contributed by atoms with van der Waals surface area (Å²) < 4.78 is 27.9. The van der Waals surface area contributed by atoms with Crippen LogP contribution in [0.2, 0.25) is 5.02 Å². The van der Waals surface area contributed by atoms with Crippen molar-refractivity contribution in [1.82, 2.24) is 13.9 Å². The molecule has 1 N–H and O–H groups in total. The van der Waals surface area contributed by atoms with Crippen molar-refractivity contribution < 1.29 is 8.42 Å². The predicted molar refractivity (Wildman–Crippen MR) is 90.4 cm³/mol. The third-order valence-electron chi connectivity index (χ3n) is 3.83. The first-order valence-electron chi connectivity index (χ1n) is 7.73. The molecule has 0 bridgehead atoms. The molecule has 1 aromatic rings. The van der Waals surface area contributed by atoms with Crippen molar-refractivity contribution in [2.75, 3.05) is 39.3 Å². The number of piperazine rings is 1. The molecule has 2 rings (SSSR count). The molecule has 0 spiro atoms. The highest BCUT2D eigenvalue weighted by Gasteiger charge is 2.25. The van der Waals surface area contributed by atoms with Crippen molar-refractivity contribution in [2.24, 2.45) is 0 Å². The van der Waals surface area contributed by atoms with Gasteiger partial charge in [-0.25, -0.2) is 4.72 Å². The van der Waals surface area contributed by atoms with Crippen LogP contribution in [0.25, 0.3) is 0 Å². The number of hydrogen-bond acceptors (Lipinski definition) is 3. The number of halogens is 1. The lowest BCUT2D eigenvalue weighted by molar-refractivity contribution is 0.186. The Bertz CT molecular complexity index is 572. The van der Waals surface area contributed by atoms with Gasteiger partial charge in [0.05, 0.1) is 0 Å². The van der Waals surface area contributed by atoms with Crippen molar-refractivity contribution in [3.05, 3.63) is 34.9 Å². The first kappa shape index (κ1) is 17.7. The monoisotopic (exact) mass is 345 g/mol. The molecule has 1 heterocycles. The molecule has 1 aliphatic rings.